The molecule has 2 aliphatic carbocycles. The molecule has 0 heterocycles. The maximum atomic E-state index is 13.4. The molecule has 0 unspecified atom stereocenters. The van der Waals surface area contributed by atoms with Crippen LogP contribution in [0.15, 0.2) is 151 Å². The fraction of sp³-hybridized carbons (Fsp3) is 0. The number of carboxylic acid groups (broad SMARTS) is 1. The molecule has 0 bridgehead atoms. The van der Waals surface area contributed by atoms with Crippen LogP contribution in [-0.4, -0.2) is 60.0 Å². The molecule has 19 heteroatoms. The minimum Gasteiger partial charge on any atom is -0.478 e. The molecule has 0 fully saturated rings. The lowest BCUT2D eigenvalue weighted by Gasteiger charge is -2.17. The number of allylic oxidation sites excluding steroid dienone is 4. The summed E-state index contributed by atoms with van der Waals surface area (Å²) in [5.74, 6) is -2.81. The van der Waals surface area contributed by atoms with Crippen molar-refractivity contribution in [2.24, 2.45) is 20.4 Å². The van der Waals surface area contributed by atoms with Gasteiger partial charge in [0.15, 0.2) is 11.5 Å². The molecule has 0 aromatic heterocycles. The van der Waals surface area contributed by atoms with E-state index in [1.54, 1.807) is 24.3 Å². The zero-order chi connectivity index (χ0) is 41.4. The van der Waals surface area contributed by atoms with Crippen molar-refractivity contribution in [3.63, 3.8) is 0 Å². The number of carbonyl (C=O) groups excluding carboxylic acids is 2. The summed E-state index contributed by atoms with van der Waals surface area (Å²) < 4.78 is 68.4. The molecule has 0 aliphatic heterocycles. The first-order chi connectivity index (χ1) is 27.5. The largest absolute Gasteiger partial charge is 0.478 e. The minimum atomic E-state index is -4.94. The Kier molecular flexibility index (Phi) is 10.2. The van der Waals surface area contributed by atoms with Crippen LogP contribution in [0.25, 0.3) is 28.0 Å². The topological polar surface area (TPSA) is 280 Å². The number of fused-ring (bicyclic) bond motifs is 2. The third-order valence-corrected chi connectivity index (χ3v) is 10.5. The standard InChI is InChI=1S/C39H27N7O10S2/c40-24-6-1-23-17-36(58(54,55)56)37(38(48)30(23)18-24)46-45-34-15-14-33(29-13-12-28(20-31(29)34)57(51,52)53)44-42-26-9-4-22(5-10-26)21-2-7-25(8-3-21)41-43-27-11-16-35(47)32(19-27)39(49)50/h1-20,41,45H,40H2,(H,49,50)(H,51,52,53)(H,54,55,56)/b43-27+,44-42?,46-37+. The second-order valence-electron chi connectivity index (χ2n) is 12.6. The SMILES string of the molecule is Nc1ccc2c(c1)C(=O)/C(=N/Nc1ccc(N=Nc3ccc(-c4ccc(N/N=C5\C=CC(=O)C(C(=O)O)=C5)cc4)cc3)c3ccc(S(=O)(=O)O)cc13)C(S(=O)(=O)O)=C2. The first kappa shape index (κ1) is 38.8. The molecule has 7 N–H and O–H groups in total. The van der Waals surface area contributed by atoms with Gasteiger partial charge in [-0.2, -0.15) is 32.2 Å². The number of nitrogens with two attached hydrogens (primary N) is 1. The summed E-state index contributed by atoms with van der Waals surface area (Å²) in [5, 5.41) is 26.5. The van der Waals surface area contributed by atoms with E-state index >= 15 is 0 Å². The fourth-order valence-corrected chi connectivity index (χ4v) is 7.04. The van der Waals surface area contributed by atoms with Crippen LogP contribution in [0.3, 0.4) is 0 Å². The average molecular weight is 818 g/mol. The highest BCUT2D eigenvalue weighted by atomic mass is 32.2. The molecule has 2 aliphatic rings. The van der Waals surface area contributed by atoms with Crippen LogP contribution >= 0.6 is 0 Å². The van der Waals surface area contributed by atoms with Gasteiger partial charge in [0.2, 0.25) is 5.78 Å². The van der Waals surface area contributed by atoms with Crippen LogP contribution in [0.2, 0.25) is 0 Å². The number of anilines is 3. The van der Waals surface area contributed by atoms with Crippen molar-refractivity contribution in [2.75, 3.05) is 16.6 Å². The van der Waals surface area contributed by atoms with Crippen LogP contribution in [0.4, 0.5) is 28.4 Å². The number of hydrogen-bond acceptors (Lipinski definition) is 14. The lowest BCUT2D eigenvalue weighted by molar-refractivity contribution is -0.134. The van der Waals surface area contributed by atoms with E-state index in [2.05, 4.69) is 31.3 Å². The molecular formula is C39H27N7O10S2. The summed E-state index contributed by atoms with van der Waals surface area (Å²) in [5.41, 5.74) is 14.1. The number of azo groups is 1. The number of nitrogens with one attached hydrogen (secondary N) is 2. The number of nitrogens with zero attached hydrogens (tertiary/aromatic N) is 4. The molecule has 0 amide bonds. The van der Waals surface area contributed by atoms with Gasteiger partial charge in [-0.25, -0.2) is 4.79 Å². The molecule has 5 aromatic carbocycles. The Morgan fingerprint density at radius 3 is 2.07 bits per heavy atom. The Morgan fingerprint density at radius 1 is 0.690 bits per heavy atom. The van der Waals surface area contributed by atoms with Crippen molar-refractivity contribution in [3.8, 4) is 11.1 Å². The van der Waals surface area contributed by atoms with E-state index in [1.165, 1.54) is 48.6 Å². The number of ketones is 2. The Bertz CT molecular complexity index is 3010. The Morgan fingerprint density at radius 2 is 1.40 bits per heavy atom. The molecule has 0 saturated carbocycles. The zero-order valence-electron chi connectivity index (χ0n) is 29.4. The molecule has 0 radical (unpaired) electrons. The molecule has 0 saturated heterocycles. The predicted molar refractivity (Wildman–Crippen MR) is 217 cm³/mol. The van der Waals surface area contributed by atoms with E-state index in [-0.39, 0.29) is 44.9 Å². The van der Waals surface area contributed by atoms with Crippen LogP contribution in [0.5, 0.6) is 0 Å². The second-order valence-corrected chi connectivity index (χ2v) is 15.4. The van der Waals surface area contributed by atoms with Gasteiger partial charge in [-0.15, -0.1) is 5.11 Å². The van der Waals surface area contributed by atoms with Crippen LogP contribution in [0, 0.1) is 0 Å². The third-order valence-electron chi connectivity index (χ3n) is 8.75. The van der Waals surface area contributed by atoms with Crippen molar-refractivity contribution in [2.45, 2.75) is 4.90 Å². The molecule has 7 rings (SSSR count). The van der Waals surface area contributed by atoms with E-state index in [4.69, 9.17) is 10.8 Å². The summed E-state index contributed by atoms with van der Waals surface area (Å²) in [6, 6.07) is 25.1. The predicted octanol–water partition coefficient (Wildman–Crippen LogP) is 6.56. The van der Waals surface area contributed by atoms with Gasteiger partial charge in [0.1, 0.15) is 10.5 Å². The normalized spacial score (nSPS) is 15.8. The molecule has 0 atom stereocenters. The van der Waals surface area contributed by atoms with E-state index in [9.17, 15) is 40.3 Å². The van der Waals surface area contributed by atoms with Gasteiger partial charge < -0.3 is 10.8 Å². The zero-order valence-corrected chi connectivity index (χ0v) is 31.1. The quantitative estimate of drug-likeness (QED) is 0.0218. The monoisotopic (exact) mass is 817 g/mol. The highest BCUT2D eigenvalue weighted by Crippen LogP contribution is 2.36. The number of rotatable bonds is 10. The number of hydrazone groups is 2. The van der Waals surface area contributed by atoms with E-state index < -0.39 is 53.3 Å². The number of benzene rings is 5. The van der Waals surface area contributed by atoms with Gasteiger partial charge >= 0.3 is 5.97 Å². The summed E-state index contributed by atoms with van der Waals surface area (Å²) >= 11 is 0. The average Bonchev–Trinajstić information content (AvgIpc) is 3.19. The van der Waals surface area contributed by atoms with Gasteiger partial charge in [-0.1, -0.05) is 36.4 Å². The number of Topliss-reactive ketones (excluding diaryl/α,β-unsaturated/α-hetero) is 1. The third kappa shape index (κ3) is 8.22. The van der Waals surface area contributed by atoms with Gasteiger partial charge in [-0.05, 0) is 102 Å². The Hall–Kier alpha value is -7.45. The molecule has 0 spiro atoms. The van der Waals surface area contributed by atoms with E-state index in [0.29, 0.717) is 16.8 Å². The maximum absolute atomic E-state index is 13.4. The maximum Gasteiger partial charge on any atom is 0.339 e. The highest BCUT2D eigenvalue weighted by Gasteiger charge is 2.33. The molecular weight excluding hydrogens is 791 g/mol. The molecule has 58 heavy (non-hydrogen) atoms. The van der Waals surface area contributed by atoms with E-state index in [1.807, 2.05) is 24.3 Å². The summed E-state index contributed by atoms with van der Waals surface area (Å²) in [4.78, 5) is 35.1. The van der Waals surface area contributed by atoms with Gasteiger partial charge in [-0.3, -0.25) is 29.5 Å². The molecule has 5 aromatic rings. The molecule has 17 nitrogen and oxygen atoms in total. The van der Waals surface area contributed by atoms with Gasteiger partial charge in [0.05, 0.1) is 33.4 Å². The number of carbonyl (C=O) groups is 3. The highest BCUT2D eigenvalue weighted by molar-refractivity contribution is 7.91. The summed E-state index contributed by atoms with van der Waals surface area (Å²) in [7, 11) is -9.62. The Balaban J connectivity index is 1.13. The van der Waals surface area contributed by atoms with E-state index in [0.717, 1.165) is 35.4 Å². The summed E-state index contributed by atoms with van der Waals surface area (Å²) in [6.07, 6.45) is 4.79. The first-order valence-electron chi connectivity index (χ1n) is 16.7. The number of carboxylic acids is 1. The minimum absolute atomic E-state index is 0.0403. The van der Waals surface area contributed by atoms with Crippen LogP contribution in [-0.2, 0) is 29.8 Å². The lowest BCUT2D eigenvalue weighted by atomic mass is 9.94. The number of hydrogen-bond donors (Lipinski definition) is 6. The van der Waals surface area contributed by atoms with Crippen molar-refractivity contribution >= 4 is 94.5 Å². The van der Waals surface area contributed by atoms with Crippen molar-refractivity contribution in [1.29, 1.82) is 0 Å². The van der Waals surface area contributed by atoms with Crippen LogP contribution < -0.4 is 16.6 Å². The molecule has 290 valence electrons. The lowest BCUT2D eigenvalue weighted by Crippen LogP contribution is -2.27. The van der Waals surface area contributed by atoms with Gasteiger partial charge in [0, 0.05) is 22.0 Å². The van der Waals surface area contributed by atoms with Crippen LogP contribution in [0.1, 0.15) is 15.9 Å². The second kappa shape index (κ2) is 15.2. The smallest absolute Gasteiger partial charge is 0.339 e. The number of aliphatic carboxylic acids is 1. The Labute approximate surface area is 328 Å². The van der Waals surface area contributed by atoms with Crippen molar-refractivity contribution < 1.29 is 45.4 Å². The van der Waals surface area contributed by atoms with Crippen molar-refractivity contribution in [1.82, 2.24) is 0 Å². The van der Waals surface area contributed by atoms with Crippen molar-refractivity contribution in [3.05, 3.63) is 137 Å². The number of nitrogen functional groups attached to an aromatic ring is 1. The fourth-order valence-electron chi connectivity index (χ4n) is 5.87. The van der Waals surface area contributed by atoms with Gasteiger partial charge in [0.25, 0.3) is 20.2 Å². The summed E-state index contributed by atoms with van der Waals surface area (Å²) in [6.45, 7) is 0. The first-order valence-corrected chi connectivity index (χ1v) is 19.6.